The molecule has 9 nitrogen and oxygen atoms in total. The molecule has 0 aliphatic carbocycles. The summed E-state index contributed by atoms with van der Waals surface area (Å²) < 4.78 is 15.1. The van der Waals surface area contributed by atoms with Gasteiger partial charge in [0.25, 0.3) is 0 Å². The largest absolute Gasteiger partial charge is 0.461 e. The molecular weight excluding hydrogens is 531 g/mol. The van der Waals surface area contributed by atoms with Crippen LogP contribution in [0.2, 0.25) is 29.7 Å². The first kappa shape index (κ1) is 26.1. The molecule has 0 saturated carbocycles. The van der Waals surface area contributed by atoms with E-state index in [4.69, 9.17) is 32.7 Å². The van der Waals surface area contributed by atoms with Crippen LogP contribution >= 0.6 is 23.2 Å². The Kier molecular flexibility index (Phi) is 7.30. The number of nitrogens with one attached hydrogen (secondary N) is 2. The van der Waals surface area contributed by atoms with E-state index in [1.807, 2.05) is 28.2 Å². The van der Waals surface area contributed by atoms with Crippen LogP contribution in [-0.2, 0) is 9.47 Å². The van der Waals surface area contributed by atoms with Gasteiger partial charge in [0.05, 0.1) is 42.6 Å². The van der Waals surface area contributed by atoms with E-state index < -0.39 is 14.0 Å². The van der Waals surface area contributed by atoms with Crippen LogP contribution in [0.1, 0.15) is 42.9 Å². The first-order valence-corrected chi connectivity index (χ1v) is 17.0. The summed E-state index contributed by atoms with van der Waals surface area (Å²) in [5.41, 5.74) is 8.83. The fourth-order valence-corrected chi connectivity index (χ4v) is 6.44. The minimum atomic E-state index is -1.43. The van der Waals surface area contributed by atoms with Crippen molar-refractivity contribution in [2.24, 2.45) is 0 Å². The molecule has 0 radical (unpaired) electrons. The minimum absolute atomic E-state index is 0.126. The van der Waals surface area contributed by atoms with Gasteiger partial charge in [0.15, 0.2) is 0 Å². The maximum Gasteiger partial charge on any atom is 0.356 e. The Morgan fingerprint density at radius 1 is 1.27 bits per heavy atom. The molecule has 4 heterocycles. The molecule has 1 fully saturated rings. The van der Waals surface area contributed by atoms with Crippen LogP contribution in [0.25, 0.3) is 27.9 Å². The van der Waals surface area contributed by atoms with E-state index >= 15 is 0 Å². The molecule has 1 aromatic carbocycles. The molecule has 3 aromatic rings. The molecule has 37 heavy (non-hydrogen) atoms. The number of esters is 1. The maximum absolute atomic E-state index is 13.5. The number of carbonyl (C=O) groups is 1. The highest BCUT2D eigenvalue weighted by Crippen LogP contribution is 2.43. The number of benzene rings is 1. The Hall–Kier alpha value is -2.50. The molecular formula is C25H32Cl2N6O3Si. The Balaban J connectivity index is 1.72. The molecule has 2 aromatic heterocycles. The summed E-state index contributed by atoms with van der Waals surface area (Å²) in [4.78, 5) is 13.5. The lowest BCUT2D eigenvalue weighted by Gasteiger charge is -2.23. The Morgan fingerprint density at radius 2 is 2.08 bits per heavy atom. The van der Waals surface area contributed by atoms with Crippen LogP contribution < -0.4 is 11.0 Å². The van der Waals surface area contributed by atoms with E-state index in [-0.39, 0.29) is 12.8 Å². The molecule has 2 aliphatic rings. The van der Waals surface area contributed by atoms with E-state index in [0.29, 0.717) is 39.2 Å². The monoisotopic (exact) mass is 562 g/mol. The zero-order chi connectivity index (χ0) is 26.3. The van der Waals surface area contributed by atoms with Crippen LogP contribution in [0.4, 0.5) is 0 Å². The van der Waals surface area contributed by atoms with Gasteiger partial charge in [-0.3, -0.25) is 15.0 Å². The van der Waals surface area contributed by atoms with Crippen LogP contribution in [0.15, 0.2) is 30.7 Å². The fraction of sp³-hybridized carbons (Fsp3) is 0.440. The third kappa shape index (κ3) is 5.13. The van der Waals surface area contributed by atoms with Crippen molar-refractivity contribution in [1.82, 2.24) is 30.3 Å². The smallest absolute Gasteiger partial charge is 0.356 e. The minimum Gasteiger partial charge on any atom is -0.461 e. The van der Waals surface area contributed by atoms with Gasteiger partial charge in [-0.05, 0) is 32.3 Å². The number of fused-ring (bicyclic) bond motifs is 1. The fourth-order valence-electron chi connectivity index (χ4n) is 4.85. The summed E-state index contributed by atoms with van der Waals surface area (Å²) in [5.74, 6) is 0.179. The Bertz CT molecular complexity index is 1360. The van der Waals surface area contributed by atoms with E-state index in [1.54, 1.807) is 23.8 Å². The highest BCUT2D eigenvalue weighted by Gasteiger charge is 2.32. The molecule has 198 valence electrons. The molecule has 5 rings (SSSR count). The summed E-state index contributed by atoms with van der Waals surface area (Å²) in [7, 11) is -1.43. The second kappa shape index (κ2) is 10.3. The van der Waals surface area contributed by atoms with Crippen LogP contribution in [0, 0.1) is 0 Å². The molecule has 1 unspecified atom stereocenters. The Labute approximate surface area is 227 Å². The molecule has 1 atom stereocenters. The predicted octanol–water partition coefficient (Wildman–Crippen LogP) is 5.65. The summed E-state index contributed by atoms with van der Waals surface area (Å²) in [6.45, 7) is 9.60. The van der Waals surface area contributed by atoms with Crippen LogP contribution in [-0.4, -0.2) is 52.8 Å². The van der Waals surface area contributed by atoms with Crippen molar-refractivity contribution in [1.29, 1.82) is 0 Å². The van der Waals surface area contributed by atoms with Gasteiger partial charge >= 0.3 is 5.97 Å². The normalized spacial score (nSPS) is 18.3. The second-order valence-corrected chi connectivity index (χ2v) is 16.7. The van der Waals surface area contributed by atoms with Crippen LogP contribution in [0.5, 0.6) is 0 Å². The number of hydrogen-bond donors (Lipinski definition) is 2. The number of nitrogens with zero attached hydrogens (tertiary/aromatic N) is 4. The van der Waals surface area contributed by atoms with Crippen LogP contribution in [0.3, 0.4) is 0 Å². The third-order valence-electron chi connectivity index (χ3n) is 6.32. The second-order valence-electron chi connectivity index (χ2n) is 10.5. The lowest BCUT2D eigenvalue weighted by atomic mass is 10.1. The van der Waals surface area contributed by atoms with E-state index in [0.717, 1.165) is 36.4 Å². The van der Waals surface area contributed by atoms with E-state index in [2.05, 4.69) is 35.7 Å². The van der Waals surface area contributed by atoms with Gasteiger partial charge in [0.2, 0.25) is 0 Å². The van der Waals surface area contributed by atoms with Crippen molar-refractivity contribution in [3.63, 3.8) is 0 Å². The van der Waals surface area contributed by atoms with Crippen molar-refractivity contribution < 1.29 is 14.3 Å². The summed E-state index contributed by atoms with van der Waals surface area (Å²) >= 11 is 13.3. The molecule has 12 heteroatoms. The van der Waals surface area contributed by atoms with Crippen molar-refractivity contribution >= 4 is 54.0 Å². The van der Waals surface area contributed by atoms with E-state index in [9.17, 15) is 4.79 Å². The summed E-state index contributed by atoms with van der Waals surface area (Å²) in [6.07, 6.45) is 9.40. The number of ether oxygens (including phenoxy) is 2. The van der Waals surface area contributed by atoms with Gasteiger partial charge in [0, 0.05) is 35.5 Å². The molecule has 2 aliphatic heterocycles. The summed E-state index contributed by atoms with van der Waals surface area (Å²) in [6, 6.07) is 3.63. The topological polar surface area (TPSA) is 85.6 Å². The number of carbonyl (C=O) groups excluding carboxylic acids is 1. The first-order valence-electron chi connectivity index (χ1n) is 12.5. The zero-order valence-corrected chi connectivity index (χ0v) is 24.0. The number of halogens is 2. The van der Waals surface area contributed by atoms with Crippen molar-refractivity contribution in [2.75, 3.05) is 19.4 Å². The van der Waals surface area contributed by atoms with Crippen molar-refractivity contribution in [3.8, 4) is 11.1 Å². The molecule has 0 spiro atoms. The lowest BCUT2D eigenvalue weighted by Crippen LogP contribution is -2.45. The van der Waals surface area contributed by atoms with Gasteiger partial charge in [-0.1, -0.05) is 48.9 Å². The number of rotatable bonds is 7. The quantitative estimate of drug-likeness (QED) is 0.284. The third-order valence-corrected chi connectivity index (χ3v) is 8.41. The number of aromatic nitrogens is 3. The first-order chi connectivity index (χ1) is 17.7. The van der Waals surface area contributed by atoms with Gasteiger partial charge < -0.3 is 9.47 Å². The SMILES string of the molecule is CCOC(=O)c1c(-c2cnn(C3CCCCO3)c2)c2ccc(Cl)c(Cl)c2n1C1=CN(C[Si](C)(C)C)NN1. The number of hydrogen-bond acceptors (Lipinski definition) is 7. The standard InChI is InChI=1S/C25H32Cl2N6O3Si/c1-5-35-25(34)24-21(16-12-28-32(13-16)20-8-6-7-11-36-20)17-9-10-18(26)22(27)23(17)33(24)19-14-31(30-29-19)15-37(2,3)4/h9-10,12-14,20,29-30H,5-8,11,15H2,1-4H3. The van der Waals surface area contributed by atoms with Gasteiger partial charge in [-0.2, -0.15) is 5.10 Å². The van der Waals surface area contributed by atoms with E-state index in [1.165, 1.54) is 0 Å². The van der Waals surface area contributed by atoms with Gasteiger partial charge in [-0.25, -0.2) is 9.48 Å². The lowest BCUT2D eigenvalue weighted by molar-refractivity contribution is -0.0394. The average molecular weight is 564 g/mol. The molecule has 1 saturated heterocycles. The number of hydrazine groups is 2. The average Bonchev–Trinajstić information content (AvgIpc) is 3.58. The van der Waals surface area contributed by atoms with Crippen molar-refractivity contribution in [3.05, 3.63) is 46.5 Å². The highest BCUT2D eigenvalue weighted by molar-refractivity contribution is 6.76. The molecule has 2 N–H and O–H groups in total. The predicted molar refractivity (Wildman–Crippen MR) is 149 cm³/mol. The highest BCUT2D eigenvalue weighted by atomic mass is 35.5. The molecule has 0 amide bonds. The maximum atomic E-state index is 13.5. The molecule has 0 bridgehead atoms. The van der Waals surface area contributed by atoms with Gasteiger partial charge in [-0.15, -0.1) is 5.53 Å². The Morgan fingerprint density at radius 3 is 2.78 bits per heavy atom. The summed E-state index contributed by atoms with van der Waals surface area (Å²) in [5, 5.41) is 8.11. The zero-order valence-electron chi connectivity index (χ0n) is 21.5. The van der Waals surface area contributed by atoms with Gasteiger partial charge in [0.1, 0.15) is 17.7 Å². The van der Waals surface area contributed by atoms with Crippen molar-refractivity contribution in [2.45, 2.75) is 52.1 Å².